The second-order valence-electron chi connectivity index (χ2n) is 3.61. The highest BCUT2D eigenvalue weighted by Crippen LogP contribution is 2.26. The number of fused-ring (bicyclic) bond motifs is 1. The summed E-state index contributed by atoms with van der Waals surface area (Å²) in [6, 6.07) is 1.91. The van der Waals surface area contributed by atoms with Crippen LogP contribution in [0, 0.1) is 0 Å². The smallest absolute Gasteiger partial charge is 0.143 e. The van der Waals surface area contributed by atoms with E-state index in [-0.39, 0.29) is 0 Å². The monoisotopic (exact) mass is 283 g/mol. The Morgan fingerprint density at radius 3 is 2.94 bits per heavy atom. The van der Waals surface area contributed by atoms with Crippen LogP contribution >= 0.6 is 34.5 Å². The molecule has 3 aromatic rings. The molecule has 3 heterocycles. The Kier molecular flexibility index (Phi) is 2.78. The fourth-order valence-electron chi connectivity index (χ4n) is 1.72. The largest absolute Gasteiger partial charge is 0.346 e. The highest BCUT2D eigenvalue weighted by molar-refractivity contribution is 7.10. The van der Waals surface area contributed by atoms with E-state index in [1.165, 1.54) is 0 Å². The number of hydrogen-bond donors (Lipinski definition) is 1. The van der Waals surface area contributed by atoms with Crippen molar-refractivity contribution in [3.63, 3.8) is 0 Å². The molecule has 1 N–H and O–H groups in total. The van der Waals surface area contributed by atoms with Crippen molar-refractivity contribution >= 4 is 45.6 Å². The third-order valence-corrected chi connectivity index (χ3v) is 4.00. The topological polar surface area (TPSA) is 41.6 Å². The van der Waals surface area contributed by atoms with Crippen molar-refractivity contribution in [1.29, 1.82) is 0 Å². The molecule has 0 saturated carbocycles. The molecule has 0 spiro atoms. The third kappa shape index (κ3) is 2.04. The van der Waals surface area contributed by atoms with E-state index < -0.39 is 0 Å². The number of aromatic amines is 1. The first-order valence-electron chi connectivity index (χ1n) is 4.93. The predicted molar refractivity (Wildman–Crippen MR) is 71.0 cm³/mol. The standard InChI is InChI=1S/C11H7Cl2N3S/c12-7-2-8-6(3-14-11(8)15-4-7)1-9-10(13)16-5-17-9/h2-5H,1H2,(H,14,15). The van der Waals surface area contributed by atoms with Gasteiger partial charge in [0.25, 0.3) is 0 Å². The number of nitrogens with zero attached hydrogens (tertiary/aromatic N) is 2. The van der Waals surface area contributed by atoms with Gasteiger partial charge in [0.1, 0.15) is 10.8 Å². The second-order valence-corrected chi connectivity index (χ2v) is 5.34. The molecule has 0 radical (unpaired) electrons. The molecule has 0 amide bonds. The number of halogens is 2. The Morgan fingerprint density at radius 2 is 2.18 bits per heavy atom. The number of hydrogen-bond acceptors (Lipinski definition) is 3. The van der Waals surface area contributed by atoms with Crippen LogP contribution in [0.25, 0.3) is 11.0 Å². The molecule has 0 aliphatic rings. The van der Waals surface area contributed by atoms with Crippen molar-refractivity contribution in [3.05, 3.63) is 44.6 Å². The molecule has 3 aromatic heterocycles. The molecular formula is C11H7Cl2N3S. The average molecular weight is 284 g/mol. The zero-order chi connectivity index (χ0) is 11.8. The van der Waals surface area contributed by atoms with Crippen LogP contribution in [0.1, 0.15) is 10.4 Å². The Bertz CT molecular complexity index is 674. The lowest BCUT2D eigenvalue weighted by Gasteiger charge is -1.97. The van der Waals surface area contributed by atoms with E-state index in [1.807, 2.05) is 12.3 Å². The lowest BCUT2D eigenvalue weighted by Crippen LogP contribution is -1.84. The van der Waals surface area contributed by atoms with Gasteiger partial charge in [0.15, 0.2) is 0 Å². The van der Waals surface area contributed by atoms with Gasteiger partial charge in [-0.1, -0.05) is 23.2 Å². The quantitative estimate of drug-likeness (QED) is 0.775. The molecule has 0 unspecified atom stereocenters. The highest BCUT2D eigenvalue weighted by atomic mass is 35.5. The predicted octanol–water partition coefficient (Wildman–Crippen LogP) is 3.92. The van der Waals surface area contributed by atoms with Crippen LogP contribution in [0.15, 0.2) is 24.0 Å². The molecule has 86 valence electrons. The fourth-order valence-corrected chi connectivity index (χ4v) is 2.86. The molecule has 0 aliphatic heterocycles. The molecule has 6 heteroatoms. The molecule has 3 rings (SSSR count). The summed E-state index contributed by atoms with van der Waals surface area (Å²) in [4.78, 5) is 12.4. The van der Waals surface area contributed by atoms with Gasteiger partial charge in [0.2, 0.25) is 0 Å². The van der Waals surface area contributed by atoms with Crippen LogP contribution in [0.3, 0.4) is 0 Å². The molecule has 3 nitrogen and oxygen atoms in total. The van der Waals surface area contributed by atoms with Gasteiger partial charge in [-0.2, -0.15) is 0 Å². The van der Waals surface area contributed by atoms with Gasteiger partial charge in [-0.25, -0.2) is 9.97 Å². The van der Waals surface area contributed by atoms with Crippen molar-refractivity contribution in [2.24, 2.45) is 0 Å². The summed E-state index contributed by atoms with van der Waals surface area (Å²) in [6.07, 6.45) is 4.30. The first kappa shape index (κ1) is 11.0. The summed E-state index contributed by atoms with van der Waals surface area (Å²) in [5.74, 6) is 0. The zero-order valence-corrected chi connectivity index (χ0v) is 10.9. The molecule has 0 aromatic carbocycles. The van der Waals surface area contributed by atoms with Gasteiger partial charge in [0, 0.05) is 29.1 Å². The van der Waals surface area contributed by atoms with Gasteiger partial charge in [-0.3, -0.25) is 0 Å². The van der Waals surface area contributed by atoms with Crippen LogP contribution in [0.2, 0.25) is 10.2 Å². The second kappa shape index (κ2) is 4.29. The Hall–Kier alpha value is -1.10. The van der Waals surface area contributed by atoms with E-state index in [1.54, 1.807) is 23.0 Å². The number of thiazole rings is 1. The summed E-state index contributed by atoms with van der Waals surface area (Å²) < 4.78 is 0. The van der Waals surface area contributed by atoms with E-state index in [4.69, 9.17) is 23.2 Å². The van der Waals surface area contributed by atoms with Crippen molar-refractivity contribution in [1.82, 2.24) is 15.0 Å². The van der Waals surface area contributed by atoms with Gasteiger partial charge < -0.3 is 4.98 Å². The molecular weight excluding hydrogens is 277 g/mol. The minimum absolute atomic E-state index is 0.569. The molecule has 0 atom stereocenters. The van der Waals surface area contributed by atoms with Crippen LogP contribution in [0.4, 0.5) is 0 Å². The van der Waals surface area contributed by atoms with Crippen molar-refractivity contribution < 1.29 is 0 Å². The lowest BCUT2D eigenvalue weighted by molar-refractivity contribution is 1.23. The molecule has 0 aliphatic carbocycles. The number of H-pyrrole nitrogens is 1. The van der Waals surface area contributed by atoms with E-state index in [0.717, 1.165) is 27.9 Å². The number of aromatic nitrogens is 3. The van der Waals surface area contributed by atoms with Gasteiger partial charge >= 0.3 is 0 Å². The van der Waals surface area contributed by atoms with Gasteiger partial charge in [-0.15, -0.1) is 11.3 Å². The van der Waals surface area contributed by atoms with E-state index in [9.17, 15) is 0 Å². The molecule has 0 saturated heterocycles. The molecule has 17 heavy (non-hydrogen) atoms. The summed E-state index contributed by atoms with van der Waals surface area (Å²) in [5.41, 5.74) is 3.71. The number of pyridine rings is 1. The third-order valence-electron chi connectivity index (χ3n) is 2.53. The summed E-state index contributed by atoms with van der Waals surface area (Å²) in [6.45, 7) is 0. The van der Waals surface area contributed by atoms with Crippen LogP contribution < -0.4 is 0 Å². The van der Waals surface area contributed by atoms with Gasteiger partial charge in [-0.05, 0) is 11.6 Å². The number of nitrogens with one attached hydrogen (secondary N) is 1. The van der Waals surface area contributed by atoms with Gasteiger partial charge in [0.05, 0.1) is 10.5 Å². The maximum Gasteiger partial charge on any atom is 0.143 e. The summed E-state index contributed by atoms with van der Waals surface area (Å²) >= 11 is 13.5. The van der Waals surface area contributed by atoms with Crippen molar-refractivity contribution in [2.45, 2.75) is 6.42 Å². The summed E-state index contributed by atoms with van der Waals surface area (Å²) in [5, 5.41) is 2.23. The zero-order valence-electron chi connectivity index (χ0n) is 8.58. The SMILES string of the molecule is Clc1cnc2[nH]cc(Cc3scnc3Cl)c2c1. The minimum Gasteiger partial charge on any atom is -0.346 e. The van der Waals surface area contributed by atoms with E-state index >= 15 is 0 Å². The first-order valence-corrected chi connectivity index (χ1v) is 6.57. The average Bonchev–Trinajstić information content (AvgIpc) is 2.88. The maximum atomic E-state index is 5.99. The van der Waals surface area contributed by atoms with Crippen LogP contribution in [0.5, 0.6) is 0 Å². The fraction of sp³-hybridized carbons (Fsp3) is 0.0909. The molecule has 0 fully saturated rings. The summed E-state index contributed by atoms with van der Waals surface area (Å²) in [7, 11) is 0. The maximum absolute atomic E-state index is 5.99. The van der Waals surface area contributed by atoms with Crippen molar-refractivity contribution in [3.8, 4) is 0 Å². The highest BCUT2D eigenvalue weighted by Gasteiger charge is 2.10. The Labute approximate surface area is 111 Å². The molecule has 0 bridgehead atoms. The van der Waals surface area contributed by atoms with E-state index in [2.05, 4.69) is 15.0 Å². The Balaban J connectivity index is 2.06. The minimum atomic E-state index is 0.569. The van der Waals surface area contributed by atoms with Crippen LogP contribution in [-0.4, -0.2) is 15.0 Å². The van der Waals surface area contributed by atoms with Crippen LogP contribution in [-0.2, 0) is 6.42 Å². The number of rotatable bonds is 2. The van der Waals surface area contributed by atoms with Crippen molar-refractivity contribution in [2.75, 3.05) is 0 Å². The normalized spacial score (nSPS) is 11.2. The van der Waals surface area contributed by atoms with E-state index in [0.29, 0.717) is 10.2 Å². The first-order chi connectivity index (χ1) is 8.24. The lowest BCUT2D eigenvalue weighted by atomic mass is 10.1. The Morgan fingerprint density at radius 1 is 1.29 bits per heavy atom.